The smallest absolute Gasteiger partial charge is 0.309 e. The summed E-state index contributed by atoms with van der Waals surface area (Å²) in [5.74, 6) is 4.96. The maximum Gasteiger partial charge on any atom is 0.309 e. The van der Waals surface area contributed by atoms with Gasteiger partial charge in [-0.1, -0.05) is 46.8 Å². The third-order valence-corrected chi connectivity index (χ3v) is 12.7. The van der Waals surface area contributed by atoms with Crippen molar-refractivity contribution in [2.24, 2.45) is 63.6 Å². The fourth-order valence-corrected chi connectivity index (χ4v) is 10.6. The van der Waals surface area contributed by atoms with Crippen molar-refractivity contribution in [1.82, 2.24) is 0 Å². The molecule has 0 heterocycles. The highest BCUT2D eigenvalue weighted by Crippen LogP contribution is 2.82. The van der Waals surface area contributed by atoms with E-state index in [-0.39, 0.29) is 17.8 Å². The van der Waals surface area contributed by atoms with Crippen LogP contribution in [0.2, 0.25) is 0 Å². The van der Waals surface area contributed by atoms with Crippen LogP contribution in [-0.2, 0) is 14.3 Å². The number of fused-ring (bicyclic) bond motifs is 4. The minimum Gasteiger partial charge on any atom is -0.466 e. The van der Waals surface area contributed by atoms with Crippen LogP contribution in [0.1, 0.15) is 92.9 Å². The summed E-state index contributed by atoms with van der Waals surface area (Å²) in [5.41, 5.74) is 1.49. The van der Waals surface area contributed by atoms with Gasteiger partial charge in [0.2, 0.25) is 0 Å². The monoisotopic (exact) mass is 470 g/mol. The lowest BCUT2D eigenvalue weighted by atomic mass is 9.45. The quantitative estimate of drug-likeness (QED) is 0.289. The van der Waals surface area contributed by atoms with E-state index in [4.69, 9.17) is 9.47 Å². The van der Waals surface area contributed by atoms with Crippen molar-refractivity contribution in [3.63, 3.8) is 0 Å². The molecule has 0 bridgehead atoms. The van der Waals surface area contributed by atoms with Crippen LogP contribution in [0.3, 0.4) is 0 Å². The lowest BCUT2D eigenvalue weighted by molar-refractivity contribution is -0.160. The van der Waals surface area contributed by atoms with Crippen molar-refractivity contribution in [3.8, 4) is 0 Å². The minimum absolute atomic E-state index is 0.0698. The molecule has 0 aromatic rings. The molecule has 5 rings (SSSR count). The normalized spacial score (nSPS) is 49.5. The molecule has 0 N–H and O–H groups in total. The predicted molar refractivity (Wildman–Crippen MR) is 137 cm³/mol. The van der Waals surface area contributed by atoms with Gasteiger partial charge < -0.3 is 9.47 Å². The molecule has 0 aromatic heterocycles. The summed E-state index contributed by atoms with van der Waals surface area (Å²) in [6.07, 6.45) is 16.5. The summed E-state index contributed by atoms with van der Waals surface area (Å²) in [7, 11) is 2.00. The number of ether oxygens (including phenoxy) is 2. The zero-order valence-electron chi connectivity index (χ0n) is 22.9. The molecule has 0 aromatic carbocycles. The van der Waals surface area contributed by atoms with E-state index < -0.39 is 0 Å². The molecule has 0 amide bonds. The first kappa shape index (κ1) is 24.8. The molecular weight excluding hydrogens is 420 g/mol. The summed E-state index contributed by atoms with van der Waals surface area (Å²) >= 11 is 0. The molecular formula is C31H50O3. The fourth-order valence-electron chi connectivity index (χ4n) is 10.6. The number of hydrogen-bond acceptors (Lipinski definition) is 3. The van der Waals surface area contributed by atoms with Gasteiger partial charge >= 0.3 is 5.97 Å². The Morgan fingerprint density at radius 1 is 1.03 bits per heavy atom. The van der Waals surface area contributed by atoms with Gasteiger partial charge in [-0.05, 0) is 111 Å². The van der Waals surface area contributed by atoms with Gasteiger partial charge in [0.25, 0.3) is 0 Å². The largest absolute Gasteiger partial charge is 0.466 e. The predicted octanol–water partition coefficient (Wildman–Crippen LogP) is 7.30. The average molecular weight is 471 g/mol. The molecule has 12 atom stereocenters. The second-order valence-corrected chi connectivity index (χ2v) is 13.6. The second kappa shape index (κ2) is 8.63. The molecule has 192 valence electrons. The first-order valence-corrected chi connectivity index (χ1v) is 14.5. The lowest BCUT2D eigenvalue weighted by Crippen LogP contribution is -2.57. The van der Waals surface area contributed by atoms with Crippen LogP contribution >= 0.6 is 0 Å². The van der Waals surface area contributed by atoms with Crippen LogP contribution in [0.4, 0.5) is 0 Å². The first-order valence-electron chi connectivity index (χ1n) is 14.5. The number of methoxy groups -OCH3 is 1. The number of esters is 1. The average Bonchev–Trinajstić information content (AvgIpc) is 3.32. The molecule has 1 spiro atoms. The van der Waals surface area contributed by atoms with E-state index in [1.807, 2.05) is 21.0 Å². The van der Waals surface area contributed by atoms with Crippen molar-refractivity contribution in [1.29, 1.82) is 0 Å². The van der Waals surface area contributed by atoms with Crippen molar-refractivity contribution in [3.05, 3.63) is 12.2 Å². The van der Waals surface area contributed by atoms with E-state index in [0.29, 0.717) is 34.9 Å². The van der Waals surface area contributed by atoms with Crippen LogP contribution in [0.15, 0.2) is 12.2 Å². The lowest BCUT2D eigenvalue weighted by Gasteiger charge is -2.61. The van der Waals surface area contributed by atoms with Gasteiger partial charge in [0.05, 0.1) is 18.6 Å². The van der Waals surface area contributed by atoms with Gasteiger partial charge in [0, 0.05) is 12.5 Å². The second-order valence-electron chi connectivity index (χ2n) is 13.6. The number of carbonyl (C=O) groups is 1. The maximum atomic E-state index is 12.2. The Labute approximate surface area is 208 Å². The Morgan fingerprint density at radius 2 is 1.79 bits per heavy atom. The molecule has 3 heteroatoms. The Hall–Kier alpha value is -0.830. The van der Waals surface area contributed by atoms with Gasteiger partial charge in [-0.25, -0.2) is 0 Å². The van der Waals surface area contributed by atoms with Crippen LogP contribution in [0.5, 0.6) is 0 Å². The molecule has 5 fully saturated rings. The van der Waals surface area contributed by atoms with Gasteiger partial charge in [-0.15, -0.1) is 0 Å². The summed E-state index contributed by atoms with van der Waals surface area (Å²) < 4.78 is 11.5. The summed E-state index contributed by atoms with van der Waals surface area (Å²) in [5, 5.41) is 0. The minimum atomic E-state index is -0.0790. The Morgan fingerprint density at radius 3 is 2.47 bits per heavy atom. The highest BCUT2D eigenvalue weighted by Gasteiger charge is 2.77. The Bertz CT molecular complexity index is 819. The molecule has 0 aliphatic heterocycles. The van der Waals surface area contributed by atoms with Crippen LogP contribution in [0.25, 0.3) is 0 Å². The number of carbonyl (C=O) groups excluding carboxylic acids is 1. The maximum absolute atomic E-state index is 12.2. The van der Waals surface area contributed by atoms with Gasteiger partial charge in [0.1, 0.15) is 0 Å². The van der Waals surface area contributed by atoms with Gasteiger partial charge in [-0.3, -0.25) is 4.79 Å². The third kappa shape index (κ3) is 3.34. The molecule has 0 radical (unpaired) electrons. The number of rotatable bonds is 7. The van der Waals surface area contributed by atoms with E-state index in [0.717, 1.165) is 29.6 Å². The SMILES string of the molecule is CCOC(=O)[C@@H](C)[C@@H](C)/C=C/[C@@H](C)[C@H]1CC[C@H]2[C@@H]3C[C@@H](OC)[C@]45C[C@H]4CC[C@]5(C)[C@H]3CC[C@]12C. The zero-order valence-corrected chi connectivity index (χ0v) is 22.9. The standard InChI is InChI=1S/C31H50O3/c1-8-34-28(32)21(4)19(2)9-10-20(3)24-11-12-25-23-17-27(33-7)31-18-22(31)13-16-30(31,6)26(23)14-15-29(24,25)5/h9-10,19-27H,8,11-18H2,1-7H3/b10-9+/t19-,20+,21-,22+,23-,24+,25-,26-,27+,29+,30+,31-/m0/s1. The highest BCUT2D eigenvalue weighted by atomic mass is 16.5. The van der Waals surface area contributed by atoms with E-state index in [9.17, 15) is 4.79 Å². The topological polar surface area (TPSA) is 35.5 Å². The fraction of sp³-hybridized carbons (Fsp3) is 0.903. The van der Waals surface area contributed by atoms with E-state index in [1.54, 1.807) is 0 Å². The molecule has 5 aliphatic rings. The molecule has 5 saturated carbocycles. The summed E-state index contributed by atoms with van der Waals surface area (Å²) in [6.45, 7) is 14.3. The zero-order chi connectivity index (χ0) is 24.5. The Kier molecular flexibility index (Phi) is 6.31. The molecule has 0 unspecified atom stereocenters. The third-order valence-electron chi connectivity index (χ3n) is 12.7. The van der Waals surface area contributed by atoms with Crippen LogP contribution in [0, 0.1) is 63.6 Å². The first-order chi connectivity index (χ1) is 16.1. The summed E-state index contributed by atoms with van der Waals surface area (Å²) in [6, 6.07) is 0. The van der Waals surface area contributed by atoms with Crippen LogP contribution < -0.4 is 0 Å². The number of allylic oxidation sites excluding steroid dienone is 2. The Balaban J connectivity index is 1.31. The van der Waals surface area contributed by atoms with Crippen molar-refractivity contribution >= 4 is 5.97 Å². The summed E-state index contributed by atoms with van der Waals surface area (Å²) in [4.78, 5) is 12.2. The molecule has 3 nitrogen and oxygen atoms in total. The van der Waals surface area contributed by atoms with E-state index >= 15 is 0 Å². The van der Waals surface area contributed by atoms with Crippen molar-refractivity contribution in [2.45, 2.75) is 99.0 Å². The van der Waals surface area contributed by atoms with Crippen molar-refractivity contribution < 1.29 is 14.3 Å². The molecule has 34 heavy (non-hydrogen) atoms. The highest BCUT2D eigenvalue weighted by molar-refractivity contribution is 5.72. The van der Waals surface area contributed by atoms with Gasteiger partial charge in [0.15, 0.2) is 0 Å². The van der Waals surface area contributed by atoms with Crippen molar-refractivity contribution in [2.75, 3.05) is 13.7 Å². The van der Waals surface area contributed by atoms with Gasteiger partial charge in [-0.2, -0.15) is 0 Å². The van der Waals surface area contributed by atoms with E-state index in [1.165, 1.54) is 51.4 Å². The van der Waals surface area contributed by atoms with E-state index in [2.05, 4.69) is 39.8 Å². The molecule has 5 aliphatic carbocycles. The number of hydrogen-bond donors (Lipinski definition) is 0. The van der Waals surface area contributed by atoms with Crippen LogP contribution in [-0.4, -0.2) is 25.8 Å². The molecule has 0 saturated heterocycles.